The Balaban J connectivity index is 2.07. The van der Waals surface area contributed by atoms with Gasteiger partial charge in [-0.3, -0.25) is 10.1 Å². The molecule has 2 aromatic rings. The summed E-state index contributed by atoms with van der Waals surface area (Å²) in [6, 6.07) is 1.53. The summed E-state index contributed by atoms with van der Waals surface area (Å²) < 4.78 is 9.31. The van der Waals surface area contributed by atoms with Gasteiger partial charge < -0.3 is 9.15 Å². The molecule has 2 aromatic heterocycles. The van der Waals surface area contributed by atoms with Gasteiger partial charge in [-0.2, -0.15) is 0 Å². The van der Waals surface area contributed by atoms with Crippen LogP contribution in [-0.2, 0) is 4.74 Å². The topological polar surface area (TPSA) is 81.4 Å². The third-order valence-corrected chi connectivity index (χ3v) is 2.79. The van der Waals surface area contributed by atoms with Gasteiger partial charge in [0.15, 0.2) is 5.13 Å². The number of esters is 1. The van der Waals surface area contributed by atoms with Crippen LogP contribution < -0.4 is 5.32 Å². The average Bonchev–Trinajstić information content (AvgIpc) is 2.98. The molecule has 0 aliphatic heterocycles. The fraction of sp³-hybridized carbons (Fsp3) is 0.100. The Morgan fingerprint density at radius 1 is 1.53 bits per heavy atom. The number of carbonyl (C=O) groups excluding carboxylic acids is 2. The van der Waals surface area contributed by atoms with Crippen molar-refractivity contribution in [3.8, 4) is 0 Å². The zero-order valence-corrected chi connectivity index (χ0v) is 9.61. The molecule has 2 heterocycles. The average molecular weight is 252 g/mol. The molecule has 0 saturated carbocycles. The summed E-state index contributed by atoms with van der Waals surface area (Å²) in [6.45, 7) is 0. The van der Waals surface area contributed by atoms with Crippen LogP contribution >= 0.6 is 11.3 Å². The van der Waals surface area contributed by atoms with Gasteiger partial charge in [0.2, 0.25) is 0 Å². The standard InChI is InChI=1S/C10H8N2O4S/c1-15-9(14)7-4-11-10(17-7)12-8(13)6-2-3-16-5-6/h2-5H,1H3,(H,11,12,13). The molecule has 0 bridgehead atoms. The number of hydrogen-bond donors (Lipinski definition) is 1. The molecule has 1 N–H and O–H groups in total. The molecule has 0 radical (unpaired) electrons. The Morgan fingerprint density at radius 3 is 3.00 bits per heavy atom. The van der Waals surface area contributed by atoms with E-state index in [0.29, 0.717) is 15.6 Å². The van der Waals surface area contributed by atoms with E-state index in [9.17, 15) is 9.59 Å². The predicted molar refractivity (Wildman–Crippen MR) is 60.1 cm³/mol. The number of hydrogen-bond acceptors (Lipinski definition) is 6. The molecule has 0 aromatic carbocycles. The smallest absolute Gasteiger partial charge is 0.349 e. The summed E-state index contributed by atoms with van der Waals surface area (Å²) in [4.78, 5) is 27.0. The van der Waals surface area contributed by atoms with Crippen LogP contribution in [0.2, 0.25) is 0 Å². The number of nitrogens with one attached hydrogen (secondary N) is 1. The van der Waals surface area contributed by atoms with Gasteiger partial charge in [-0.05, 0) is 6.07 Å². The van der Waals surface area contributed by atoms with E-state index in [4.69, 9.17) is 4.42 Å². The molecule has 17 heavy (non-hydrogen) atoms. The van der Waals surface area contributed by atoms with E-state index >= 15 is 0 Å². The molecule has 2 rings (SSSR count). The number of ether oxygens (including phenoxy) is 1. The lowest BCUT2D eigenvalue weighted by Gasteiger charge is -1.96. The number of aromatic nitrogens is 1. The highest BCUT2D eigenvalue weighted by molar-refractivity contribution is 7.17. The van der Waals surface area contributed by atoms with Crippen molar-refractivity contribution < 1.29 is 18.7 Å². The summed E-state index contributed by atoms with van der Waals surface area (Å²) in [6.07, 6.45) is 4.07. The predicted octanol–water partition coefficient (Wildman–Crippen LogP) is 1.77. The third kappa shape index (κ3) is 2.51. The number of anilines is 1. The number of rotatable bonds is 3. The Kier molecular flexibility index (Phi) is 3.20. The molecule has 0 saturated heterocycles. The summed E-state index contributed by atoms with van der Waals surface area (Å²) >= 11 is 1.04. The van der Waals surface area contributed by atoms with Gasteiger partial charge >= 0.3 is 5.97 Å². The number of methoxy groups -OCH3 is 1. The molecule has 0 aliphatic rings. The number of amides is 1. The fourth-order valence-corrected chi connectivity index (χ4v) is 1.82. The molecular formula is C10H8N2O4S. The maximum absolute atomic E-state index is 11.6. The maximum Gasteiger partial charge on any atom is 0.349 e. The Hall–Kier alpha value is -2.15. The highest BCUT2D eigenvalue weighted by Gasteiger charge is 2.13. The number of furan rings is 1. The third-order valence-electron chi connectivity index (χ3n) is 1.90. The van der Waals surface area contributed by atoms with Crippen LogP contribution in [0.25, 0.3) is 0 Å². The van der Waals surface area contributed by atoms with Gasteiger partial charge in [0, 0.05) is 0 Å². The van der Waals surface area contributed by atoms with Crippen molar-refractivity contribution in [1.29, 1.82) is 0 Å². The van der Waals surface area contributed by atoms with Crippen molar-refractivity contribution in [3.05, 3.63) is 35.2 Å². The molecule has 1 amide bonds. The highest BCUT2D eigenvalue weighted by atomic mass is 32.1. The zero-order valence-electron chi connectivity index (χ0n) is 8.80. The molecule has 0 fully saturated rings. The molecule has 7 heteroatoms. The summed E-state index contributed by atoms with van der Waals surface area (Å²) in [5.41, 5.74) is 0.389. The summed E-state index contributed by atoms with van der Waals surface area (Å²) in [7, 11) is 1.28. The molecule has 0 aliphatic carbocycles. The number of thiazole rings is 1. The van der Waals surface area contributed by atoms with Gasteiger partial charge in [0.05, 0.1) is 25.1 Å². The van der Waals surface area contributed by atoms with Crippen LogP contribution in [0.4, 0.5) is 5.13 Å². The zero-order chi connectivity index (χ0) is 12.3. The van der Waals surface area contributed by atoms with Crippen LogP contribution in [0.1, 0.15) is 20.0 Å². The minimum atomic E-state index is -0.480. The number of nitrogens with zero attached hydrogens (tertiary/aromatic N) is 1. The minimum absolute atomic E-state index is 0.329. The maximum atomic E-state index is 11.6. The first-order valence-electron chi connectivity index (χ1n) is 4.58. The lowest BCUT2D eigenvalue weighted by Crippen LogP contribution is -2.10. The van der Waals surface area contributed by atoms with E-state index in [1.54, 1.807) is 0 Å². The van der Waals surface area contributed by atoms with E-state index < -0.39 is 5.97 Å². The van der Waals surface area contributed by atoms with Crippen LogP contribution in [0.3, 0.4) is 0 Å². The van der Waals surface area contributed by atoms with E-state index in [1.807, 2.05) is 0 Å². The van der Waals surface area contributed by atoms with Gasteiger partial charge in [-0.1, -0.05) is 11.3 Å². The fourth-order valence-electron chi connectivity index (χ4n) is 1.09. The molecule has 0 unspecified atom stereocenters. The van der Waals surface area contributed by atoms with Crippen molar-refractivity contribution in [2.45, 2.75) is 0 Å². The number of carbonyl (C=O) groups is 2. The van der Waals surface area contributed by atoms with Crippen molar-refractivity contribution in [2.75, 3.05) is 12.4 Å². The molecule has 6 nitrogen and oxygen atoms in total. The Labute approximate surface area is 100 Å². The van der Waals surface area contributed by atoms with E-state index in [0.717, 1.165) is 11.3 Å². The second kappa shape index (κ2) is 4.79. The molecule has 88 valence electrons. The molecule has 0 spiro atoms. The lowest BCUT2D eigenvalue weighted by molar-refractivity contribution is 0.0606. The first-order valence-corrected chi connectivity index (χ1v) is 5.40. The summed E-state index contributed by atoms with van der Waals surface area (Å²) in [5, 5.41) is 2.87. The van der Waals surface area contributed by atoms with Crippen molar-refractivity contribution in [2.24, 2.45) is 0 Å². The van der Waals surface area contributed by atoms with Crippen LogP contribution in [0.5, 0.6) is 0 Å². The van der Waals surface area contributed by atoms with E-state index in [-0.39, 0.29) is 5.91 Å². The SMILES string of the molecule is COC(=O)c1cnc(NC(=O)c2ccoc2)s1. The Morgan fingerprint density at radius 2 is 2.35 bits per heavy atom. The van der Waals surface area contributed by atoms with Gasteiger partial charge in [0.25, 0.3) is 5.91 Å². The second-order valence-electron chi connectivity index (χ2n) is 2.99. The molecule has 0 atom stereocenters. The molecular weight excluding hydrogens is 244 g/mol. The van der Waals surface area contributed by atoms with E-state index in [1.165, 1.54) is 31.9 Å². The normalized spacial score (nSPS) is 9.94. The first-order chi connectivity index (χ1) is 8.20. The van der Waals surface area contributed by atoms with Crippen LogP contribution in [-0.4, -0.2) is 24.0 Å². The Bertz CT molecular complexity index is 532. The van der Waals surface area contributed by atoms with Gasteiger partial charge in [-0.15, -0.1) is 0 Å². The van der Waals surface area contributed by atoms with Crippen molar-refractivity contribution in [1.82, 2.24) is 4.98 Å². The highest BCUT2D eigenvalue weighted by Crippen LogP contribution is 2.19. The van der Waals surface area contributed by atoms with Crippen LogP contribution in [0, 0.1) is 0 Å². The monoisotopic (exact) mass is 252 g/mol. The van der Waals surface area contributed by atoms with E-state index in [2.05, 4.69) is 15.0 Å². The quantitative estimate of drug-likeness (QED) is 0.842. The van der Waals surface area contributed by atoms with Crippen molar-refractivity contribution >= 4 is 28.3 Å². The summed E-state index contributed by atoms with van der Waals surface area (Å²) in [5.74, 6) is -0.823. The first kappa shape index (κ1) is 11.3. The lowest BCUT2D eigenvalue weighted by atomic mass is 10.3. The van der Waals surface area contributed by atoms with Crippen molar-refractivity contribution in [3.63, 3.8) is 0 Å². The largest absolute Gasteiger partial charge is 0.472 e. The van der Waals surface area contributed by atoms with Gasteiger partial charge in [-0.25, -0.2) is 9.78 Å². The minimum Gasteiger partial charge on any atom is -0.472 e. The van der Waals surface area contributed by atoms with Crippen LogP contribution in [0.15, 0.2) is 29.2 Å². The second-order valence-corrected chi connectivity index (χ2v) is 4.02. The van der Waals surface area contributed by atoms with Gasteiger partial charge in [0.1, 0.15) is 11.1 Å².